The maximum atomic E-state index is 5.08. The summed E-state index contributed by atoms with van der Waals surface area (Å²) in [5.74, 6) is 0. The van der Waals surface area contributed by atoms with Crippen molar-refractivity contribution in [1.82, 2.24) is 4.98 Å². The second-order valence-corrected chi connectivity index (χ2v) is 3.10. The largest absolute Gasteiger partial charge is 0.443 e. The molecule has 0 amide bonds. The van der Waals surface area contributed by atoms with Crippen LogP contribution < -0.4 is 0 Å². The number of para-hydroxylation sites is 1. The molecule has 10 heavy (non-hydrogen) atoms. The van der Waals surface area contributed by atoms with Crippen molar-refractivity contribution in [3.8, 4) is 0 Å². The van der Waals surface area contributed by atoms with Crippen LogP contribution in [0.5, 0.6) is 0 Å². The Bertz CT molecular complexity index is 355. The topological polar surface area (TPSA) is 26.0 Å². The van der Waals surface area contributed by atoms with Gasteiger partial charge in [-0.3, -0.25) is 0 Å². The molecule has 0 aliphatic heterocycles. The van der Waals surface area contributed by atoms with Crippen molar-refractivity contribution in [2.45, 2.75) is 0 Å². The Balaban J connectivity index is 2.95. The van der Waals surface area contributed by atoms with Crippen molar-refractivity contribution in [2.75, 3.05) is 0 Å². The lowest BCUT2D eigenvalue weighted by Crippen LogP contribution is -1.71. The van der Waals surface area contributed by atoms with E-state index >= 15 is 0 Å². The third-order valence-electron chi connectivity index (χ3n) is 1.31. The van der Waals surface area contributed by atoms with Gasteiger partial charge in [0.25, 0.3) is 0 Å². The van der Waals surface area contributed by atoms with Crippen molar-refractivity contribution < 1.29 is 4.42 Å². The Kier molecular flexibility index (Phi) is 1.37. The molecule has 0 atom stereocenters. The van der Waals surface area contributed by atoms with Crippen LogP contribution in [0.3, 0.4) is 0 Å². The second kappa shape index (κ2) is 2.23. The Morgan fingerprint density at radius 3 is 3.10 bits per heavy atom. The molecule has 1 heterocycles. The minimum Gasteiger partial charge on any atom is -0.443 e. The summed E-state index contributed by atoms with van der Waals surface area (Å²) in [5.41, 5.74) is 1.80. The molecule has 2 aromatic rings. The molecule has 0 saturated carbocycles. The molecule has 0 radical (unpaired) electrons. The van der Waals surface area contributed by atoms with E-state index in [0.29, 0.717) is 0 Å². The van der Waals surface area contributed by atoms with Crippen LogP contribution in [0, 0.1) is 3.57 Å². The fraction of sp³-hybridized carbons (Fsp3) is 0. The molecule has 0 unspecified atom stereocenters. The van der Waals surface area contributed by atoms with Crippen LogP contribution in [0.1, 0.15) is 0 Å². The number of halogens is 1. The summed E-state index contributed by atoms with van der Waals surface area (Å²) in [6.07, 6.45) is 1.47. The van der Waals surface area contributed by atoms with Crippen LogP contribution >= 0.6 is 22.6 Å². The van der Waals surface area contributed by atoms with E-state index in [9.17, 15) is 0 Å². The van der Waals surface area contributed by atoms with E-state index < -0.39 is 0 Å². The van der Waals surface area contributed by atoms with E-state index in [1.807, 2.05) is 18.2 Å². The van der Waals surface area contributed by atoms with Crippen LogP contribution in [-0.2, 0) is 0 Å². The van der Waals surface area contributed by atoms with Crippen LogP contribution in [0.15, 0.2) is 29.0 Å². The molecule has 1 aromatic carbocycles. The number of rotatable bonds is 0. The summed E-state index contributed by atoms with van der Waals surface area (Å²) in [4.78, 5) is 4.04. The van der Waals surface area contributed by atoms with Gasteiger partial charge in [0.1, 0.15) is 5.52 Å². The third kappa shape index (κ3) is 0.811. The van der Waals surface area contributed by atoms with Crippen molar-refractivity contribution in [3.05, 3.63) is 28.2 Å². The Labute approximate surface area is 71.4 Å². The van der Waals surface area contributed by atoms with Gasteiger partial charge in [0.05, 0.1) is 0 Å². The van der Waals surface area contributed by atoms with Crippen molar-refractivity contribution in [2.24, 2.45) is 0 Å². The van der Waals surface area contributed by atoms with Crippen LogP contribution in [-0.4, -0.2) is 4.98 Å². The van der Waals surface area contributed by atoms with Gasteiger partial charge in [0.15, 0.2) is 12.0 Å². The number of hydrogen-bond donors (Lipinski definition) is 0. The zero-order chi connectivity index (χ0) is 6.97. The van der Waals surface area contributed by atoms with Crippen molar-refractivity contribution in [3.63, 3.8) is 0 Å². The number of benzene rings is 1. The van der Waals surface area contributed by atoms with E-state index in [1.165, 1.54) is 6.39 Å². The molecule has 0 spiro atoms. The van der Waals surface area contributed by atoms with Gasteiger partial charge >= 0.3 is 0 Å². The van der Waals surface area contributed by atoms with Crippen LogP contribution in [0.4, 0.5) is 0 Å². The van der Waals surface area contributed by atoms with Gasteiger partial charge in [0.2, 0.25) is 0 Å². The zero-order valence-corrected chi connectivity index (χ0v) is 7.20. The Morgan fingerprint density at radius 1 is 1.40 bits per heavy atom. The van der Waals surface area contributed by atoms with E-state index in [-0.39, 0.29) is 0 Å². The second-order valence-electron chi connectivity index (χ2n) is 1.94. The van der Waals surface area contributed by atoms with Crippen molar-refractivity contribution >= 4 is 33.7 Å². The molecule has 0 fully saturated rings. The first kappa shape index (κ1) is 6.15. The van der Waals surface area contributed by atoms with E-state index in [4.69, 9.17) is 4.42 Å². The minimum absolute atomic E-state index is 0.854. The normalized spacial score (nSPS) is 10.5. The first-order valence-electron chi connectivity index (χ1n) is 2.85. The highest BCUT2D eigenvalue weighted by Gasteiger charge is 1.99. The molecular formula is C7H4INO. The zero-order valence-electron chi connectivity index (χ0n) is 5.04. The molecule has 0 aliphatic rings. The summed E-state index contributed by atoms with van der Waals surface area (Å²) in [5, 5.41) is 0. The maximum Gasteiger partial charge on any atom is 0.182 e. The molecule has 50 valence electrons. The molecule has 2 rings (SSSR count). The lowest BCUT2D eigenvalue weighted by atomic mass is 10.3. The number of aromatic nitrogens is 1. The first-order chi connectivity index (χ1) is 4.88. The fourth-order valence-corrected chi connectivity index (χ4v) is 1.46. The summed E-state index contributed by atoms with van der Waals surface area (Å²) in [6.45, 7) is 0. The number of nitrogens with zero attached hydrogens (tertiary/aromatic N) is 1. The molecular weight excluding hydrogens is 241 g/mol. The third-order valence-corrected chi connectivity index (χ3v) is 2.18. The molecule has 0 N–H and O–H groups in total. The highest BCUT2D eigenvalue weighted by Crippen LogP contribution is 2.17. The van der Waals surface area contributed by atoms with Gasteiger partial charge in [-0.2, -0.15) is 0 Å². The van der Waals surface area contributed by atoms with Gasteiger partial charge in [-0.05, 0) is 34.7 Å². The summed E-state index contributed by atoms with van der Waals surface area (Å²) >= 11 is 2.23. The highest BCUT2D eigenvalue weighted by atomic mass is 127. The average Bonchev–Trinajstić information content (AvgIpc) is 2.36. The molecule has 0 bridgehead atoms. The molecule has 3 heteroatoms. The Hall–Kier alpha value is -0.580. The highest BCUT2D eigenvalue weighted by molar-refractivity contribution is 14.1. The van der Waals surface area contributed by atoms with Gasteiger partial charge in [-0.25, -0.2) is 4.98 Å². The first-order valence-corrected chi connectivity index (χ1v) is 3.93. The smallest absolute Gasteiger partial charge is 0.182 e. The van der Waals surface area contributed by atoms with E-state index in [1.54, 1.807) is 0 Å². The van der Waals surface area contributed by atoms with Crippen LogP contribution in [0.2, 0.25) is 0 Å². The van der Waals surface area contributed by atoms with Gasteiger partial charge in [0, 0.05) is 3.57 Å². The van der Waals surface area contributed by atoms with Gasteiger partial charge in [-0.1, -0.05) is 6.07 Å². The van der Waals surface area contributed by atoms with E-state index in [0.717, 1.165) is 14.7 Å². The minimum atomic E-state index is 0.854. The molecule has 0 saturated heterocycles. The predicted octanol–water partition coefficient (Wildman–Crippen LogP) is 2.43. The van der Waals surface area contributed by atoms with E-state index in [2.05, 4.69) is 27.6 Å². The maximum absolute atomic E-state index is 5.08. The summed E-state index contributed by atoms with van der Waals surface area (Å²) in [7, 11) is 0. The molecule has 1 aromatic heterocycles. The lowest BCUT2D eigenvalue weighted by molar-refractivity contribution is 0.602. The summed E-state index contributed by atoms with van der Waals surface area (Å²) < 4.78 is 6.21. The number of hydrogen-bond acceptors (Lipinski definition) is 2. The average molecular weight is 245 g/mol. The Morgan fingerprint density at radius 2 is 2.30 bits per heavy atom. The molecule has 2 nitrogen and oxygen atoms in total. The van der Waals surface area contributed by atoms with Crippen molar-refractivity contribution in [1.29, 1.82) is 0 Å². The van der Waals surface area contributed by atoms with Gasteiger partial charge < -0.3 is 4.42 Å². The monoisotopic (exact) mass is 245 g/mol. The lowest BCUT2D eigenvalue weighted by Gasteiger charge is -1.87. The quantitative estimate of drug-likeness (QED) is 0.666. The standard InChI is InChI=1S/C7H4INO/c8-5-2-1-3-6-7(5)9-4-10-6/h1-4H. The predicted molar refractivity (Wildman–Crippen MR) is 46.7 cm³/mol. The fourth-order valence-electron chi connectivity index (χ4n) is 0.852. The SMILES string of the molecule is Ic1cccc2ocnc12. The molecule has 0 aliphatic carbocycles. The van der Waals surface area contributed by atoms with Gasteiger partial charge in [-0.15, -0.1) is 0 Å². The summed E-state index contributed by atoms with van der Waals surface area (Å²) in [6, 6.07) is 5.87. The number of fused-ring (bicyclic) bond motifs is 1. The number of oxazole rings is 1. The van der Waals surface area contributed by atoms with Crippen LogP contribution in [0.25, 0.3) is 11.1 Å².